The summed E-state index contributed by atoms with van der Waals surface area (Å²) in [5.41, 5.74) is 5.62. The van der Waals surface area contributed by atoms with Crippen LogP contribution in [0.5, 0.6) is 23.0 Å². The Bertz CT molecular complexity index is 1870. The maximum Gasteiger partial charge on any atom is 0.328 e. The van der Waals surface area contributed by atoms with Crippen molar-refractivity contribution in [2.24, 2.45) is 0 Å². The molecular weight excluding hydrogens is 541 g/mol. The van der Waals surface area contributed by atoms with Gasteiger partial charge in [-0.2, -0.15) is 0 Å². The van der Waals surface area contributed by atoms with Crippen molar-refractivity contribution in [3.63, 3.8) is 0 Å². The molecule has 0 spiro atoms. The lowest BCUT2D eigenvalue weighted by atomic mass is 10.1. The van der Waals surface area contributed by atoms with Gasteiger partial charge in [-0.25, -0.2) is 14.2 Å². The van der Waals surface area contributed by atoms with Crippen molar-refractivity contribution in [3.8, 4) is 34.1 Å². The van der Waals surface area contributed by atoms with Crippen LogP contribution in [0.1, 0.15) is 30.2 Å². The van der Waals surface area contributed by atoms with E-state index in [9.17, 15) is 14.4 Å². The number of carbonyl (C=O) groups is 1. The third-order valence-electron chi connectivity index (χ3n) is 6.24. The highest BCUT2D eigenvalue weighted by atomic mass is 19.1. The second-order valence-corrected chi connectivity index (χ2v) is 9.51. The zero-order valence-electron chi connectivity index (χ0n) is 22.6. The number of benzene rings is 3. The number of nitrogen functional groups attached to an aromatic ring is 1. The number of halogens is 1. The molecule has 10 nitrogen and oxygen atoms in total. The smallest absolute Gasteiger partial charge is 0.328 e. The van der Waals surface area contributed by atoms with Crippen molar-refractivity contribution in [2.75, 3.05) is 11.1 Å². The molecule has 1 amide bonds. The zero-order chi connectivity index (χ0) is 29.8. The average molecular weight is 568 g/mol. The van der Waals surface area contributed by atoms with Crippen LogP contribution in [0.4, 0.5) is 15.9 Å². The van der Waals surface area contributed by atoms with Gasteiger partial charge >= 0.3 is 5.69 Å². The van der Waals surface area contributed by atoms with Crippen molar-refractivity contribution in [3.05, 3.63) is 123 Å². The number of hydrogen-bond donors (Lipinski definition) is 3. The Hall–Kier alpha value is -5.71. The summed E-state index contributed by atoms with van der Waals surface area (Å²) in [6.07, 6.45) is 2.62. The second-order valence-electron chi connectivity index (χ2n) is 9.51. The number of aromatic nitrogens is 3. The van der Waals surface area contributed by atoms with E-state index in [2.05, 4.69) is 15.3 Å². The van der Waals surface area contributed by atoms with E-state index >= 15 is 4.39 Å². The molecule has 11 heteroatoms. The SMILES string of the molecule is CC(C)n1cc(C(=O)Nc2ccc(Oc3ccnc(N)c3-c3ccc(Oc4ccccc4)cc3)c(F)c2)c(=O)[nH]c1=O. The topological polar surface area (TPSA) is 141 Å². The Morgan fingerprint density at radius 2 is 1.67 bits per heavy atom. The molecule has 0 aliphatic carbocycles. The van der Waals surface area contributed by atoms with E-state index < -0.39 is 23.0 Å². The fourth-order valence-electron chi connectivity index (χ4n) is 4.16. The van der Waals surface area contributed by atoms with E-state index in [1.54, 1.807) is 44.2 Å². The predicted octanol–water partition coefficient (Wildman–Crippen LogP) is 5.74. The highest BCUT2D eigenvalue weighted by Crippen LogP contribution is 2.38. The summed E-state index contributed by atoms with van der Waals surface area (Å²) < 4.78 is 28.1. The molecule has 0 radical (unpaired) electrons. The van der Waals surface area contributed by atoms with Gasteiger partial charge in [-0.3, -0.25) is 19.1 Å². The van der Waals surface area contributed by atoms with Gasteiger partial charge in [0.15, 0.2) is 11.6 Å². The number of nitrogens with one attached hydrogen (secondary N) is 2. The Labute approximate surface area is 239 Å². The normalized spacial score (nSPS) is 10.9. The van der Waals surface area contributed by atoms with Gasteiger partial charge in [-0.1, -0.05) is 30.3 Å². The second kappa shape index (κ2) is 11.8. The molecule has 0 aliphatic rings. The predicted molar refractivity (Wildman–Crippen MR) is 157 cm³/mol. The van der Waals surface area contributed by atoms with Crippen molar-refractivity contribution in [1.82, 2.24) is 14.5 Å². The number of aromatic amines is 1. The Morgan fingerprint density at radius 3 is 2.36 bits per heavy atom. The van der Waals surface area contributed by atoms with Gasteiger partial charge in [-0.15, -0.1) is 0 Å². The Kier molecular flexibility index (Phi) is 7.82. The molecule has 4 N–H and O–H groups in total. The summed E-state index contributed by atoms with van der Waals surface area (Å²) in [7, 11) is 0. The molecule has 212 valence electrons. The van der Waals surface area contributed by atoms with Gasteiger partial charge in [0, 0.05) is 30.2 Å². The van der Waals surface area contributed by atoms with Gasteiger partial charge in [0.05, 0.1) is 5.56 Å². The van der Waals surface area contributed by atoms with Crippen LogP contribution in [0.3, 0.4) is 0 Å². The van der Waals surface area contributed by atoms with Crippen LogP contribution in [0.25, 0.3) is 11.1 Å². The van der Waals surface area contributed by atoms with Gasteiger partial charge in [-0.05, 0) is 61.9 Å². The summed E-state index contributed by atoms with van der Waals surface area (Å²) in [6, 6.07) is 21.5. The van der Waals surface area contributed by atoms with Gasteiger partial charge in [0.25, 0.3) is 11.5 Å². The van der Waals surface area contributed by atoms with Gasteiger partial charge in [0.1, 0.15) is 28.6 Å². The molecular formula is C31H26FN5O5. The third kappa shape index (κ3) is 6.04. The molecule has 0 unspecified atom stereocenters. The fraction of sp³-hybridized carbons (Fsp3) is 0.0968. The minimum atomic E-state index is -0.850. The highest BCUT2D eigenvalue weighted by molar-refractivity contribution is 6.03. The largest absolute Gasteiger partial charge is 0.457 e. The first-order valence-electron chi connectivity index (χ1n) is 12.9. The number of nitrogens with zero attached hydrogens (tertiary/aromatic N) is 2. The van der Waals surface area contributed by atoms with E-state index in [0.717, 1.165) is 6.07 Å². The molecule has 42 heavy (non-hydrogen) atoms. The first-order chi connectivity index (χ1) is 20.2. The number of hydrogen-bond acceptors (Lipinski definition) is 7. The highest BCUT2D eigenvalue weighted by Gasteiger charge is 2.18. The molecule has 0 saturated heterocycles. The lowest BCUT2D eigenvalue weighted by Gasteiger charge is -2.15. The van der Waals surface area contributed by atoms with Crippen LogP contribution in [0.15, 0.2) is 101 Å². The van der Waals surface area contributed by atoms with Crippen LogP contribution < -0.4 is 31.8 Å². The molecule has 0 aliphatic heterocycles. The van der Waals surface area contributed by atoms with Crippen LogP contribution in [-0.2, 0) is 0 Å². The lowest BCUT2D eigenvalue weighted by molar-refractivity contribution is 0.102. The summed E-state index contributed by atoms with van der Waals surface area (Å²) in [5.74, 6) is 0.0403. The van der Waals surface area contributed by atoms with E-state index in [1.165, 1.54) is 29.1 Å². The number of carbonyl (C=O) groups excluding carboxylic acids is 1. The maximum absolute atomic E-state index is 15.1. The number of rotatable bonds is 8. The molecule has 2 aromatic heterocycles. The van der Waals surface area contributed by atoms with Crippen molar-refractivity contribution in [2.45, 2.75) is 19.9 Å². The third-order valence-corrected chi connectivity index (χ3v) is 6.24. The molecule has 0 bridgehead atoms. The average Bonchev–Trinajstić information content (AvgIpc) is 2.95. The van der Waals surface area contributed by atoms with Crippen molar-refractivity contribution < 1.29 is 18.7 Å². The quantitative estimate of drug-likeness (QED) is 0.217. The Balaban J connectivity index is 1.35. The zero-order valence-corrected chi connectivity index (χ0v) is 22.6. The van der Waals surface area contributed by atoms with Crippen LogP contribution >= 0.6 is 0 Å². The number of para-hydroxylation sites is 1. The molecule has 0 saturated carbocycles. The number of H-pyrrole nitrogens is 1. The molecule has 5 rings (SSSR count). The van der Waals surface area contributed by atoms with Crippen LogP contribution in [-0.4, -0.2) is 20.4 Å². The standard InChI is InChI=1S/C31H26FN5O5/c1-18(2)37-17-23(30(39)36-31(37)40)29(38)35-20-10-13-25(24(32)16-20)42-26-14-15-34-28(33)27(26)19-8-11-22(12-9-19)41-21-6-4-3-5-7-21/h3-18H,1-2H3,(H2,33,34)(H,35,38)(H,36,39,40). The number of pyridine rings is 1. The monoisotopic (exact) mass is 567 g/mol. The minimum Gasteiger partial charge on any atom is -0.457 e. The van der Waals surface area contributed by atoms with E-state index in [-0.39, 0.29) is 34.6 Å². The van der Waals surface area contributed by atoms with E-state index in [0.29, 0.717) is 22.6 Å². The van der Waals surface area contributed by atoms with Crippen LogP contribution in [0.2, 0.25) is 0 Å². The summed E-state index contributed by atoms with van der Waals surface area (Å²) in [4.78, 5) is 43.2. The molecule has 2 heterocycles. The molecule has 5 aromatic rings. The summed E-state index contributed by atoms with van der Waals surface area (Å²) in [6.45, 7) is 3.46. The van der Waals surface area contributed by atoms with Crippen molar-refractivity contribution in [1.29, 1.82) is 0 Å². The number of anilines is 2. The molecule has 0 fully saturated rings. The van der Waals surface area contributed by atoms with Gasteiger partial charge in [0.2, 0.25) is 0 Å². The first kappa shape index (κ1) is 27.8. The number of ether oxygens (including phenoxy) is 2. The summed E-state index contributed by atoms with van der Waals surface area (Å²) in [5, 5.41) is 2.47. The molecule has 3 aromatic carbocycles. The first-order valence-corrected chi connectivity index (χ1v) is 12.9. The van der Waals surface area contributed by atoms with Crippen LogP contribution in [0, 0.1) is 5.82 Å². The maximum atomic E-state index is 15.1. The number of amides is 1. The molecule has 0 atom stereocenters. The number of nitrogens with two attached hydrogens (primary N) is 1. The van der Waals surface area contributed by atoms with E-state index in [1.807, 2.05) is 30.3 Å². The fourth-order valence-corrected chi connectivity index (χ4v) is 4.16. The summed E-state index contributed by atoms with van der Waals surface area (Å²) >= 11 is 0. The minimum absolute atomic E-state index is 0.0787. The van der Waals surface area contributed by atoms with Gasteiger partial charge < -0.3 is 20.5 Å². The Morgan fingerprint density at radius 1 is 0.952 bits per heavy atom. The lowest BCUT2D eigenvalue weighted by Crippen LogP contribution is -2.35. The van der Waals surface area contributed by atoms with E-state index in [4.69, 9.17) is 15.2 Å². The van der Waals surface area contributed by atoms with Crippen molar-refractivity contribution >= 4 is 17.4 Å².